The van der Waals surface area contributed by atoms with Gasteiger partial charge in [0.2, 0.25) is 0 Å². The number of esters is 2. The predicted octanol–water partition coefficient (Wildman–Crippen LogP) is 2.56. The Morgan fingerprint density at radius 3 is 1.96 bits per heavy atom. The Kier molecular flexibility index (Phi) is 4.99. The molecule has 0 saturated carbocycles. The van der Waals surface area contributed by atoms with Crippen LogP contribution in [-0.4, -0.2) is 22.2 Å². The standard InChI is InChI=1S/C17H14O6/c1-11(17(21)23-15-7-3-5-13(19)10-15)8-16(20)22-14-6-2-4-12(18)9-14/h2-10,18-19H,1H3. The second-order valence-corrected chi connectivity index (χ2v) is 4.63. The first-order chi connectivity index (χ1) is 10.9. The minimum absolute atomic E-state index is 0.0264. The highest BCUT2D eigenvalue weighted by Gasteiger charge is 2.11. The lowest BCUT2D eigenvalue weighted by molar-refractivity contribution is -0.132. The topological polar surface area (TPSA) is 93.1 Å². The maximum absolute atomic E-state index is 11.8. The van der Waals surface area contributed by atoms with Crippen molar-refractivity contribution < 1.29 is 29.3 Å². The van der Waals surface area contributed by atoms with Gasteiger partial charge in [0.25, 0.3) is 0 Å². The number of hydrogen-bond donors (Lipinski definition) is 2. The van der Waals surface area contributed by atoms with Crippen LogP contribution in [0.3, 0.4) is 0 Å². The lowest BCUT2D eigenvalue weighted by atomic mass is 10.3. The van der Waals surface area contributed by atoms with E-state index in [9.17, 15) is 19.8 Å². The molecule has 0 aliphatic carbocycles. The van der Waals surface area contributed by atoms with Gasteiger partial charge in [0, 0.05) is 23.8 Å². The van der Waals surface area contributed by atoms with E-state index in [1.54, 1.807) is 0 Å². The van der Waals surface area contributed by atoms with E-state index in [-0.39, 0.29) is 28.6 Å². The molecule has 23 heavy (non-hydrogen) atoms. The number of aromatic hydroxyl groups is 2. The van der Waals surface area contributed by atoms with Crippen molar-refractivity contribution in [1.82, 2.24) is 0 Å². The third kappa shape index (κ3) is 4.89. The van der Waals surface area contributed by atoms with Gasteiger partial charge in [-0.1, -0.05) is 12.1 Å². The molecule has 0 bridgehead atoms. The van der Waals surface area contributed by atoms with E-state index >= 15 is 0 Å². The Balaban J connectivity index is 2.00. The van der Waals surface area contributed by atoms with Crippen LogP contribution >= 0.6 is 0 Å². The van der Waals surface area contributed by atoms with Crippen LogP contribution in [-0.2, 0) is 9.59 Å². The van der Waals surface area contributed by atoms with Crippen LogP contribution in [0.2, 0.25) is 0 Å². The van der Waals surface area contributed by atoms with Crippen molar-refractivity contribution >= 4 is 11.9 Å². The highest BCUT2D eigenvalue weighted by Crippen LogP contribution is 2.19. The third-order valence-electron chi connectivity index (χ3n) is 2.72. The summed E-state index contributed by atoms with van der Waals surface area (Å²) in [4.78, 5) is 23.6. The molecule has 0 amide bonds. The van der Waals surface area contributed by atoms with E-state index < -0.39 is 11.9 Å². The SMILES string of the molecule is CC(=CC(=O)Oc1cccc(O)c1)C(=O)Oc1cccc(O)c1. The number of rotatable bonds is 4. The molecule has 0 heterocycles. The van der Waals surface area contributed by atoms with Gasteiger partial charge in [-0.2, -0.15) is 0 Å². The van der Waals surface area contributed by atoms with Crippen molar-refractivity contribution in [1.29, 1.82) is 0 Å². The molecular formula is C17H14O6. The van der Waals surface area contributed by atoms with Crippen molar-refractivity contribution in [2.75, 3.05) is 0 Å². The molecule has 0 atom stereocenters. The third-order valence-corrected chi connectivity index (χ3v) is 2.72. The van der Waals surface area contributed by atoms with Gasteiger partial charge in [-0.25, -0.2) is 9.59 Å². The Hall–Kier alpha value is -3.28. The van der Waals surface area contributed by atoms with Crippen molar-refractivity contribution in [3.8, 4) is 23.0 Å². The molecule has 2 N–H and O–H groups in total. The van der Waals surface area contributed by atoms with Gasteiger partial charge in [-0.3, -0.25) is 0 Å². The van der Waals surface area contributed by atoms with Gasteiger partial charge in [0.1, 0.15) is 23.0 Å². The molecule has 118 valence electrons. The summed E-state index contributed by atoms with van der Waals surface area (Å²) in [5, 5.41) is 18.6. The van der Waals surface area contributed by atoms with Gasteiger partial charge < -0.3 is 19.7 Å². The van der Waals surface area contributed by atoms with Crippen molar-refractivity contribution in [3.63, 3.8) is 0 Å². The first-order valence-corrected chi connectivity index (χ1v) is 6.64. The Labute approximate surface area is 132 Å². The number of benzene rings is 2. The van der Waals surface area contributed by atoms with Gasteiger partial charge in [0.15, 0.2) is 0 Å². The van der Waals surface area contributed by atoms with Gasteiger partial charge in [-0.05, 0) is 31.2 Å². The van der Waals surface area contributed by atoms with E-state index in [1.807, 2.05) is 0 Å². The zero-order valence-electron chi connectivity index (χ0n) is 12.2. The van der Waals surface area contributed by atoms with Crippen molar-refractivity contribution in [2.45, 2.75) is 6.92 Å². The van der Waals surface area contributed by atoms with Crippen LogP contribution in [0.15, 0.2) is 60.2 Å². The van der Waals surface area contributed by atoms with Gasteiger partial charge >= 0.3 is 11.9 Å². The molecule has 0 aromatic heterocycles. The highest BCUT2D eigenvalue weighted by atomic mass is 16.5. The minimum Gasteiger partial charge on any atom is -0.508 e. The average molecular weight is 314 g/mol. The number of hydrogen-bond acceptors (Lipinski definition) is 6. The zero-order chi connectivity index (χ0) is 16.8. The first kappa shape index (κ1) is 16.1. The molecule has 0 saturated heterocycles. The van der Waals surface area contributed by atoms with Crippen LogP contribution < -0.4 is 9.47 Å². The fraction of sp³-hybridized carbons (Fsp3) is 0.0588. The van der Waals surface area contributed by atoms with Crippen molar-refractivity contribution in [2.24, 2.45) is 0 Å². The molecule has 6 heteroatoms. The number of phenolic OH excluding ortho intramolecular Hbond substituents is 2. The largest absolute Gasteiger partial charge is 0.508 e. The minimum atomic E-state index is -0.777. The average Bonchev–Trinajstić information content (AvgIpc) is 2.47. The molecule has 0 spiro atoms. The second kappa shape index (κ2) is 7.13. The molecule has 6 nitrogen and oxygen atoms in total. The van der Waals surface area contributed by atoms with E-state index in [1.165, 1.54) is 55.5 Å². The summed E-state index contributed by atoms with van der Waals surface area (Å²) in [5.41, 5.74) is 0.0264. The molecule has 0 unspecified atom stereocenters. The monoisotopic (exact) mass is 314 g/mol. The quantitative estimate of drug-likeness (QED) is 0.512. The Morgan fingerprint density at radius 2 is 1.43 bits per heavy atom. The van der Waals surface area contributed by atoms with Crippen LogP contribution in [0, 0.1) is 0 Å². The summed E-state index contributed by atoms with van der Waals surface area (Å²) in [6.45, 7) is 1.40. The fourth-order valence-corrected chi connectivity index (χ4v) is 1.66. The van der Waals surface area contributed by atoms with Gasteiger partial charge in [-0.15, -0.1) is 0 Å². The molecular weight excluding hydrogens is 300 g/mol. The molecule has 2 aromatic carbocycles. The normalized spacial score (nSPS) is 10.9. The Morgan fingerprint density at radius 1 is 0.913 bits per heavy atom. The molecule has 0 aliphatic rings. The summed E-state index contributed by atoms with van der Waals surface area (Å²) in [7, 11) is 0. The molecule has 2 aromatic rings. The zero-order valence-corrected chi connectivity index (χ0v) is 12.2. The number of phenols is 2. The number of ether oxygens (including phenoxy) is 2. The number of carbonyl (C=O) groups is 2. The maximum atomic E-state index is 11.8. The van der Waals surface area contributed by atoms with Crippen LogP contribution in [0.4, 0.5) is 0 Å². The molecule has 0 fully saturated rings. The van der Waals surface area contributed by atoms with Gasteiger partial charge in [0.05, 0.1) is 0 Å². The predicted molar refractivity (Wildman–Crippen MR) is 81.2 cm³/mol. The summed E-state index contributed by atoms with van der Waals surface area (Å²) >= 11 is 0. The number of carbonyl (C=O) groups excluding carboxylic acids is 2. The highest BCUT2D eigenvalue weighted by molar-refractivity contribution is 5.97. The summed E-state index contributed by atoms with van der Waals surface area (Å²) in [5.74, 6) is -1.30. The summed E-state index contributed by atoms with van der Waals surface area (Å²) in [6.07, 6.45) is 0.981. The van der Waals surface area contributed by atoms with E-state index in [2.05, 4.69) is 0 Å². The van der Waals surface area contributed by atoms with Crippen LogP contribution in [0.25, 0.3) is 0 Å². The fourth-order valence-electron chi connectivity index (χ4n) is 1.66. The van der Waals surface area contributed by atoms with E-state index in [0.29, 0.717) is 0 Å². The molecule has 0 aliphatic heterocycles. The Bertz CT molecular complexity index is 763. The van der Waals surface area contributed by atoms with Crippen molar-refractivity contribution in [3.05, 3.63) is 60.2 Å². The second-order valence-electron chi connectivity index (χ2n) is 4.63. The lowest BCUT2D eigenvalue weighted by Gasteiger charge is -2.05. The van der Waals surface area contributed by atoms with Crippen LogP contribution in [0.1, 0.15) is 6.92 Å². The van der Waals surface area contributed by atoms with E-state index in [4.69, 9.17) is 9.47 Å². The lowest BCUT2D eigenvalue weighted by Crippen LogP contribution is -2.12. The molecule has 0 radical (unpaired) electrons. The molecule has 2 rings (SSSR count). The van der Waals surface area contributed by atoms with E-state index in [0.717, 1.165) is 6.08 Å². The summed E-state index contributed by atoms with van der Waals surface area (Å²) < 4.78 is 9.97. The summed E-state index contributed by atoms with van der Waals surface area (Å²) in [6, 6.07) is 11.4. The first-order valence-electron chi connectivity index (χ1n) is 6.64. The maximum Gasteiger partial charge on any atom is 0.339 e. The smallest absolute Gasteiger partial charge is 0.339 e. The van der Waals surface area contributed by atoms with Crippen LogP contribution in [0.5, 0.6) is 23.0 Å².